The molecule has 0 bridgehead atoms. The van der Waals surface area contributed by atoms with Crippen molar-refractivity contribution in [1.29, 1.82) is 0 Å². The fourth-order valence-corrected chi connectivity index (χ4v) is 2.18. The van der Waals surface area contributed by atoms with Crippen LogP contribution < -0.4 is 51.4 Å². The van der Waals surface area contributed by atoms with E-state index in [1.807, 2.05) is 0 Å². The van der Waals surface area contributed by atoms with E-state index in [0.29, 0.717) is 0 Å². The summed E-state index contributed by atoms with van der Waals surface area (Å²) in [6, 6.07) is 0. The number of hydrogen-bond acceptors (Lipinski definition) is 3. The Hall–Kier alpha value is 0.846. The van der Waals surface area contributed by atoms with E-state index in [4.69, 9.17) is 0 Å². The summed E-state index contributed by atoms with van der Waals surface area (Å²) < 4.78 is 157. The van der Waals surface area contributed by atoms with Crippen LogP contribution in [0.4, 0.5) is 43.9 Å². The average molecular weight is 454 g/mol. The molecule has 15 heteroatoms. The van der Waals surface area contributed by atoms with E-state index >= 15 is 0 Å². The molecule has 26 heavy (non-hydrogen) atoms. The Morgan fingerprint density at radius 1 is 0.808 bits per heavy atom. The Kier molecular flexibility index (Phi) is 11.2. The Morgan fingerprint density at radius 2 is 1.23 bits per heavy atom. The normalized spacial score (nSPS) is 15.5. The Labute approximate surface area is 185 Å². The number of rotatable bonds is 10. The molecule has 0 heterocycles. The second-order valence-corrected chi connectivity index (χ2v) is 6.62. The van der Waals surface area contributed by atoms with Crippen molar-refractivity contribution < 1.29 is 108 Å². The monoisotopic (exact) mass is 454 g/mol. The molecule has 0 saturated carbocycles. The summed E-state index contributed by atoms with van der Waals surface area (Å²) in [7, 11) is -7.21. The smallest absolute Gasteiger partial charge is 0.743 e. The second-order valence-electron chi connectivity index (χ2n) is 5.20. The molecule has 1 unspecified atom stereocenters. The van der Waals surface area contributed by atoms with Gasteiger partial charge in [0.2, 0.25) is 0 Å². The third-order valence-electron chi connectivity index (χ3n) is 3.16. The first kappa shape index (κ1) is 29.1. The van der Waals surface area contributed by atoms with E-state index in [1.165, 1.54) is 0 Å². The first-order valence-corrected chi connectivity index (χ1v) is 8.08. The quantitative estimate of drug-likeness (QED) is 0.218. The summed E-state index contributed by atoms with van der Waals surface area (Å²) >= 11 is 0. The summed E-state index contributed by atoms with van der Waals surface area (Å²) in [6.45, 7) is 0. The van der Waals surface area contributed by atoms with Crippen LogP contribution >= 0.6 is 0 Å². The molecule has 3 nitrogen and oxygen atoms in total. The van der Waals surface area contributed by atoms with Crippen LogP contribution in [0, 0.1) is 0 Å². The van der Waals surface area contributed by atoms with Crippen LogP contribution in [0.15, 0.2) is 0 Å². The largest absolute Gasteiger partial charge is 1.00 e. The van der Waals surface area contributed by atoms with Crippen molar-refractivity contribution in [3.63, 3.8) is 0 Å². The minimum absolute atomic E-state index is 0. The predicted molar refractivity (Wildman–Crippen MR) is 63.2 cm³/mol. The maximum Gasteiger partial charge on any atom is 1.00 e. The van der Waals surface area contributed by atoms with Gasteiger partial charge in [-0.3, -0.25) is 0 Å². The van der Waals surface area contributed by atoms with Crippen LogP contribution in [0.5, 0.6) is 0 Å². The molecule has 1 atom stereocenters. The van der Waals surface area contributed by atoms with Crippen LogP contribution in [-0.2, 0) is 10.1 Å². The number of halogens is 10. The molecule has 0 aliphatic rings. The Bertz CT molecular complexity index is 535. The van der Waals surface area contributed by atoms with Gasteiger partial charge in [-0.05, 0) is 12.8 Å². The SMILES string of the molecule is O=S(=O)([O-])C(F)(F)C(F)(F)C(F)(F)C(F)CCCCCCC(F)(F)F.[K+]. The van der Waals surface area contributed by atoms with E-state index in [0.717, 1.165) is 0 Å². The standard InChI is InChI=1S/C11H14F10O3S.K/c12-7(5-3-1-2-4-6-8(13,14)15)9(16,17)10(18,19)11(20,21)25(22,23)24;/h7H,1-6H2,(H,22,23,24);/q;+1/p-1. The third-order valence-corrected chi connectivity index (χ3v) is 4.04. The van der Waals surface area contributed by atoms with Crippen molar-refractivity contribution in [2.45, 2.75) is 68.0 Å². The summed E-state index contributed by atoms with van der Waals surface area (Å²) in [5.41, 5.74) is 0. The first-order chi connectivity index (χ1) is 10.9. The number of alkyl halides is 10. The van der Waals surface area contributed by atoms with Crippen LogP contribution in [0.3, 0.4) is 0 Å². The maximum absolute atomic E-state index is 13.3. The van der Waals surface area contributed by atoms with Gasteiger partial charge in [-0.15, -0.1) is 0 Å². The van der Waals surface area contributed by atoms with Gasteiger partial charge in [-0.1, -0.05) is 19.3 Å². The molecular weight excluding hydrogens is 441 g/mol. The predicted octanol–water partition coefficient (Wildman–Crippen LogP) is 1.64. The molecule has 0 aromatic heterocycles. The Balaban J connectivity index is 0. The van der Waals surface area contributed by atoms with Crippen LogP contribution in [0.25, 0.3) is 0 Å². The van der Waals surface area contributed by atoms with Gasteiger partial charge in [0.1, 0.15) is 0 Å². The second kappa shape index (κ2) is 10.0. The molecule has 0 aliphatic carbocycles. The van der Waals surface area contributed by atoms with Gasteiger partial charge in [0, 0.05) is 6.42 Å². The van der Waals surface area contributed by atoms with Crippen molar-refractivity contribution in [1.82, 2.24) is 0 Å². The molecule has 152 valence electrons. The van der Waals surface area contributed by atoms with E-state index < -0.39 is 65.2 Å². The molecule has 0 amide bonds. The van der Waals surface area contributed by atoms with Gasteiger partial charge in [-0.2, -0.15) is 39.5 Å². The first-order valence-electron chi connectivity index (χ1n) is 6.67. The molecule has 0 N–H and O–H groups in total. The van der Waals surface area contributed by atoms with Gasteiger partial charge >= 0.3 is 74.7 Å². The van der Waals surface area contributed by atoms with Gasteiger partial charge in [0.25, 0.3) is 0 Å². The van der Waals surface area contributed by atoms with Crippen LogP contribution in [-0.4, -0.2) is 42.4 Å². The summed E-state index contributed by atoms with van der Waals surface area (Å²) in [5, 5.41) is -6.75. The zero-order valence-corrected chi connectivity index (χ0v) is 17.2. The number of unbranched alkanes of at least 4 members (excludes halogenated alkanes) is 3. The number of hydrogen-bond donors (Lipinski definition) is 0. The van der Waals surface area contributed by atoms with E-state index in [-0.39, 0.29) is 64.2 Å². The van der Waals surface area contributed by atoms with Crippen LogP contribution in [0.2, 0.25) is 0 Å². The van der Waals surface area contributed by atoms with Crippen molar-refractivity contribution in [2.24, 2.45) is 0 Å². The minimum Gasteiger partial charge on any atom is -0.743 e. The minimum atomic E-state index is -7.21. The summed E-state index contributed by atoms with van der Waals surface area (Å²) in [4.78, 5) is 0. The zero-order valence-electron chi connectivity index (χ0n) is 13.2. The topological polar surface area (TPSA) is 57.2 Å². The van der Waals surface area contributed by atoms with Gasteiger partial charge < -0.3 is 4.55 Å². The Morgan fingerprint density at radius 3 is 1.62 bits per heavy atom. The molecule has 0 aromatic rings. The van der Waals surface area contributed by atoms with E-state index in [9.17, 15) is 56.9 Å². The van der Waals surface area contributed by atoms with E-state index in [2.05, 4.69) is 0 Å². The van der Waals surface area contributed by atoms with Crippen molar-refractivity contribution in [2.75, 3.05) is 0 Å². The van der Waals surface area contributed by atoms with Crippen LogP contribution in [0.1, 0.15) is 38.5 Å². The fourth-order valence-electron chi connectivity index (χ4n) is 1.73. The summed E-state index contributed by atoms with van der Waals surface area (Å²) in [5.74, 6) is -13.0. The summed E-state index contributed by atoms with van der Waals surface area (Å²) in [6.07, 6.45) is -12.6. The van der Waals surface area contributed by atoms with Gasteiger partial charge in [-0.25, -0.2) is 12.8 Å². The molecular formula is C11H13F10KO3S. The molecule has 0 fully saturated rings. The van der Waals surface area contributed by atoms with E-state index in [1.54, 1.807) is 0 Å². The van der Waals surface area contributed by atoms with Crippen molar-refractivity contribution >= 4 is 10.1 Å². The maximum atomic E-state index is 13.3. The molecule has 0 radical (unpaired) electrons. The molecule has 0 rings (SSSR count). The van der Waals surface area contributed by atoms with Crippen molar-refractivity contribution in [3.05, 3.63) is 0 Å². The molecule has 0 aliphatic heterocycles. The van der Waals surface area contributed by atoms with Crippen molar-refractivity contribution in [3.8, 4) is 0 Å². The van der Waals surface area contributed by atoms with Gasteiger partial charge in [0.15, 0.2) is 16.3 Å². The molecule has 0 saturated heterocycles. The zero-order chi connectivity index (χ0) is 20.3. The average Bonchev–Trinajstić information content (AvgIpc) is 2.39. The third kappa shape index (κ3) is 7.35. The van der Waals surface area contributed by atoms with Gasteiger partial charge in [0.05, 0.1) is 0 Å². The fraction of sp³-hybridized carbons (Fsp3) is 1.00. The molecule has 0 spiro atoms. The molecule has 0 aromatic carbocycles.